The molecule has 2 aromatic carbocycles. The van der Waals surface area contributed by atoms with Crippen molar-refractivity contribution in [1.82, 2.24) is 20.0 Å². The number of H-pyrrole nitrogens is 1. The Morgan fingerprint density at radius 1 is 0.824 bits per heavy atom. The molecule has 2 amide bonds. The Hall–Kier alpha value is -3.69. The van der Waals surface area contributed by atoms with Crippen molar-refractivity contribution in [2.24, 2.45) is 41.4 Å². The lowest BCUT2D eigenvalue weighted by molar-refractivity contribution is -0.132. The summed E-state index contributed by atoms with van der Waals surface area (Å²) in [5.41, 5.74) is 1.08. The van der Waals surface area contributed by atoms with Gasteiger partial charge in [0.25, 0.3) is 11.5 Å². The average molecular weight is 703 g/mol. The maximum absolute atomic E-state index is 15.0. The zero-order valence-corrected chi connectivity index (χ0v) is 29.3. The summed E-state index contributed by atoms with van der Waals surface area (Å²) < 4.78 is 43.2. The van der Waals surface area contributed by atoms with Crippen LogP contribution in [0.2, 0.25) is 0 Å². The van der Waals surface area contributed by atoms with Gasteiger partial charge in [-0.15, -0.1) is 0 Å². The topological polar surface area (TPSA) is 86.4 Å². The quantitative estimate of drug-likeness (QED) is 0.275. The molecule has 1 saturated heterocycles. The number of nitrogens with zero attached hydrogens (tertiary/aromatic N) is 3. The maximum Gasteiger partial charge on any atom is 0.272 e. The molecule has 1 aliphatic heterocycles. The van der Waals surface area contributed by atoms with Crippen molar-refractivity contribution < 1.29 is 22.8 Å². The molecule has 0 radical (unpaired) electrons. The standard InChI is InChI=1S/C41H49F3N4O3/c42-36-15-8-25(23-37-33-5-1-2-6-34(33)39(50)46-45-37)22-35(36)40(51)48-20-18-47(19-21-48)38(49)7-3-4-26-9-11-30-28(26)13-14-31-29-16-17-41(43,44)24-27(29)10-12-32(30)31/h1-2,5-6,8,15,22,26-32H,3-4,7,9-14,16-21,23-24H2,(H,46,50)/t26-,27?,28?,29?,30-,31?,32?/m1/s1. The van der Waals surface area contributed by atoms with E-state index in [0.717, 1.165) is 37.5 Å². The van der Waals surface area contributed by atoms with Crippen LogP contribution in [0.25, 0.3) is 10.8 Å². The lowest BCUT2D eigenvalue weighted by Crippen LogP contribution is -2.50. The first-order valence-electron chi connectivity index (χ1n) is 19.3. The highest BCUT2D eigenvalue weighted by atomic mass is 19.3. The highest BCUT2D eigenvalue weighted by Crippen LogP contribution is 2.60. The summed E-state index contributed by atoms with van der Waals surface area (Å²) in [7, 11) is 0. The lowest BCUT2D eigenvalue weighted by Gasteiger charge is -2.53. The number of benzene rings is 2. The van der Waals surface area contributed by atoms with E-state index in [1.54, 1.807) is 29.2 Å². The smallest absolute Gasteiger partial charge is 0.272 e. The number of aromatic amines is 1. The second-order valence-electron chi connectivity index (χ2n) is 16.3. The third-order valence-electron chi connectivity index (χ3n) is 13.7. The van der Waals surface area contributed by atoms with Crippen molar-refractivity contribution in [3.8, 4) is 0 Å². The van der Waals surface area contributed by atoms with Crippen molar-refractivity contribution >= 4 is 22.6 Å². The number of aromatic nitrogens is 2. The Bertz CT molecular complexity index is 1840. The van der Waals surface area contributed by atoms with Gasteiger partial charge in [0.2, 0.25) is 11.8 Å². The molecule has 4 saturated carbocycles. The number of hydrogen-bond acceptors (Lipinski definition) is 4. The number of rotatable bonds is 7. The maximum atomic E-state index is 15.0. The van der Waals surface area contributed by atoms with E-state index in [-0.39, 0.29) is 41.7 Å². The molecule has 7 nitrogen and oxygen atoms in total. The first kappa shape index (κ1) is 34.4. The van der Waals surface area contributed by atoms with Crippen LogP contribution in [-0.2, 0) is 11.2 Å². The van der Waals surface area contributed by atoms with Gasteiger partial charge in [0.15, 0.2) is 0 Å². The number of alkyl halides is 2. The van der Waals surface area contributed by atoms with Crippen molar-refractivity contribution in [2.45, 2.75) is 89.4 Å². The number of halogens is 3. The van der Waals surface area contributed by atoms with Gasteiger partial charge >= 0.3 is 0 Å². The minimum atomic E-state index is -2.46. The van der Waals surface area contributed by atoms with Crippen LogP contribution in [0.15, 0.2) is 47.3 Å². The van der Waals surface area contributed by atoms with E-state index in [0.29, 0.717) is 91.1 Å². The molecule has 5 aliphatic rings. The minimum absolute atomic E-state index is 0.00163. The molecular weight excluding hydrogens is 653 g/mol. The van der Waals surface area contributed by atoms with E-state index >= 15 is 0 Å². The molecule has 10 heteroatoms. The molecular formula is C41H49F3N4O3. The van der Waals surface area contributed by atoms with Gasteiger partial charge in [-0.2, -0.15) is 5.10 Å². The first-order chi connectivity index (χ1) is 24.6. The van der Waals surface area contributed by atoms with Crippen LogP contribution in [0.3, 0.4) is 0 Å². The summed E-state index contributed by atoms with van der Waals surface area (Å²) in [6, 6.07) is 11.7. The van der Waals surface area contributed by atoms with E-state index < -0.39 is 11.7 Å². The van der Waals surface area contributed by atoms with E-state index in [2.05, 4.69) is 10.2 Å². The normalized spacial score (nSPS) is 30.1. The summed E-state index contributed by atoms with van der Waals surface area (Å²) in [4.78, 5) is 42.4. The number of hydrogen-bond donors (Lipinski definition) is 1. The third-order valence-corrected chi connectivity index (χ3v) is 13.7. The zero-order valence-electron chi connectivity index (χ0n) is 29.3. The van der Waals surface area contributed by atoms with Gasteiger partial charge in [-0.1, -0.05) is 24.3 Å². The van der Waals surface area contributed by atoms with Gasteiger partial charge in [0.05, 0.1) is 16.6 Å². The lowest BCUT2D eigenvalue weighted by atomic mass is 9.53. The van der Waals surface area contributed by atoms with Crippen molar-refractivity contribution in [3.05, 3.63) is 75.5 Å². The predicted octanol–water partition coefficient (Wildman–Crippen LogP) is 7.62. The monoisotopic (exact) mass is 702 g/mol. The van der Waals surface area contributed by atoms with Gasteiger partial charge < -0.3 is 9.80 Å². The molecule has 1 aromatic heterocycles. The summed E-state index contributed by atoms with van der Waals surface area (Å²) >= 11 is 0. The predicted molar refractivity (Wildman–Crippen MR) is 189 cm³/mol. The fourth-order valence-electron chi connectivity index (χ4n) is 11.3. The summed E-state index contributed by atoms with van der Waals surface area (Å²) in [5, 5.41) is 7.99. The number of fused-ring (bicyclic) bond motifs is 6. The van der Waals surface area contributed by atoms with Crippen LogP contribution in [0, 0.1) is 47.2 Å². The Balaban J connectivity index is 0.809. The Morgan fingerprint density at radius 3 is 2.33 bits per heavy atom. The van der Waals surface area contributed by atoms with Crippen LogP contribution < -0.4 is 5.56 Å². The fourth-order valence-corrected chi connectivity index (χ4v) is 11.3. The first-order valence-corrected chi connectivity index (χ1v) is 19.3. The van der Waals surface area contributed by atoms with Crippen molar-refractivity contribution in [1.29, 1.82) is 0 Å². The fraction of sp³-hybridized carbons (Fsp3) is 0.610. The number of piperazine rings is 1. The van der Waals surface area contributed by atoms with E-state index in [4.69, 9.17) is 0 Å². The van der Waals surface area contributed by atoms with Crippen molar-refractivity contribution in [2.75, 3.05) is 26.2 Å². The van der Waals surface area contributed by atoms with Crippen LogP contribution in [-0.4, -0.2) is 63.9 Å². The van der Waals surface area contributed by atoms with Gasteiger partial charge in [0, 0.05) is 57.2 Å². The largest absolute Gasteiger partial charge is 0.339 e. The van der Waals surface area contributed by atoms with Crippen LogP contribution in [0.1, 0.15) is 98.7 Å². The Labute approximate surface area is 297 Å². The molecule has 272 valence electrons. The molecule has 7 atom stereocenters. The molecule has 1 N–H and O–H groups in total. The number of nitrogens with one attached hydrogen (secondary N) is 1. The third kappa shape index (κ3) is 6.84. The molecule has 5 unspecified atom stereocenters. The summed E-state index contributed by atoms with van der Waals surface area (Å²) in [6.07, 6.45) is 10.7. The molecule has 51 heavy (non-hydrogen) atoms. The van der Waals surface area contributed by atoms with Crippen LogP contribution in [0.4, 0.5) is 13.2 Å². The van der Waals surface area contributed by atoms with Gasteiger partial charge in [-0.25, -0.2) is 18.3 Å². The Kier molecular flexibility index (Phi) is 9.47. The van der Waals surface area contributed by atoms with Gasteiger partial charge in [-0.05, 0) is 123 Å². The van der Waals surface area contributed by atoms with Gasteiger partial charge in [-0.3, -0.25) is 14.4 Å². The molecule has 2 heterocycles. The van der Waals surface area contributed by atoms with Crippen molar-refractivity contribution in [3.63, 3.8) is 0 Å². The molecule has 4 aliphatic carbocycles. The summed E-state index contributed by atoms with van der Waals surface area (Å²) in [5.74, 6) is 0.914. The minimum Gasteiger partial charge on any atom is -0.339 e. The molecule has 0 bridgehead atoms. The van der Waals surface area contributed by atoms with E-state index in [1.807, 2.05) is 17.0 Å². The average Bonchev–Trinajstić information content (AvgIpc) is 3.56. The number of carbonyl (C=O) groups is 2. The molecule has 8 rings (SSSR count). The van der Waals surface area contributed by atoms with Crippen LogP contribution in [0.5, 0.6) is 0 Å². The molecule has 0 spiro atoms. The summed E-state index contributed by atoms with van der Waals surface area (Å²) in [6.45, 7) is 1.58. The molecule has 5 fully saturated rings. The highest BCUT2D eigenvalue weighted by molar-refractivity contribution is 5.95. The SMILES string of the molecule is O=C(CCC[C@@H]1CC[C@H]2C3CCC4CC(F)(F)CCC4C3CCC12)N1CCN(C(=O)c2cc(Cc3n[nH]c(=O)c4ccccc34)ccc2F)CC1. The zero-order chi connectivity index (χ0) is 35.3. The molecule has 3 aromatic rings. The van der Waals surface area contributed by atoms with Crippen LogP contribution >= 0.6 is 0 Å². The highest BCUT2D eigenvalue weighted by Gasteiger charge is 2.53. The van der Waals surface area contributed by atoms with E-state index in [1.165, 1.54) is 31.7 Å². The number of carbonyl (C=O) groups excluding carboxylic acids is 2. The van der Waals surface area contributed by atoms with Gasteiger partial charge in [0.1, 0.15) is 5.82 Å². The second-order valence-corrected chi connectivity index (χ2v) is 16.3. The Morgan fingerprint density at radius 2 is 1.51 bits per heavy atom. The second kappa shape index (κ2) is 14.0. The van der Waals surface area contributed by atoms with E-state index in [9.17, 15) is 27.6 Å². The number of amides is 2.